The smallest absolute Gasteiger partial charge is 0.127 e. The van der Waals surface area contributed by atoms with E-state index in [0.29, 0.717) is 0 Å². The van der Waals surface area contributed by atoms with Gasteiger partial charge in [0.2, 0.25) is 0 Å². The molecule has 0 bridgehead atoms. The fourth-order valence-electron chi connectivity index (χ4n) is 1.71. The first-order chi connectivity index (χ1) is 6.70. The Hall–Kier alpha value is -1.37. The minimum Gasteiger partial charge on any atom is -0.207 e. The summed E-state index contributed by atoms with van der Waals surface area (Å²) in [5.41, 5.74) is 1.96. The molecule has 0 atom stereocenters. The van der Waals surface area contributed by atoms with Crippen molar-refractivity contribution in [3.8, 4) is 0 Å². The highest BCUT2D eigenvalue weighted by Crippen LogP contribution is 2.20. The number of hydrogen-bond acceptors (Lipinski definition) is 0. The van der Waals surface area contributed by atoms with Crippen LogP contribution in [0.25, 0.3) is 10.8 Å². The summed E-state index contributed by atoms with van der Waals surface area (Å²) in [6.45, 7) is 3.99. The van der Waals surface area contributed by atoms with E-state index in [0.717, 1.165) is 22.8 Å². The summed E-state index contributed by atoms with van der Waals surface area (Å²) in [6, 6.07) is 9.67. The van der Waals surface area contributed by atoms with E-state index >= 15 is 0 Å². The second-order valence-electron chi connectivity index (χ2n) is 3.65. The molecule has 0 aromatic heterocycles. The summed E-state index contributed by atoms with van der Waals surface area (Å²) in [5, 5.41) is 2.11. The zero-order chi connectivity index (χ0) is 10.1. The third kappa shape index (κ3) is 1.50. The summed E-state index contributed by atoms with van der Waals surface area (Å²) in [7, 11) is 0. The van der Waals surface area contributed by atoms with E-state index in [9.17, 15) is 4.39 Å². The van der Waals surface area contributed by atoms with Crippen LogP contribution in [0.2, 0.25) is 0 Å². The van der Waals surface area contributed by atoms with E-state index in [1.54, 1.807) is 6.07 Å². The van der Waals surface area contributed by atoms with Gasteiger partial charge in [-0.25, -0.2) is 4.39 Å². The summed E-state index contributed by atoms with van der Waals surface area (Å²) in [4.78, 5) is 0. The van der Waals surface area contributed by atoms with Crippen molar-refractivity contribution in [2.45, 2.75) is 20.3 Å². The van der Waals surface area contributed by atoms with E-state index in [1.165, 1.54) is 5.56 Å². The van der Waals surface area contributed by atoms with Crippen LogP contribution in [0.3, 0.4) is 0 Å². The Balaban J connectivity index is 2.73. The fourth-order valence-corrected chi connectivity index (χ4v) is 1.71. The van der Waals surface area contributed by atoms with Gasteiger partial charge in [-0.15, -0.1) is 0 Å². The van der Waals surface area contributed by atoms with Crippen LogP contribution < -0.4 is 0 Å². The molecule has 0 nitrogen and oxygen atoms in total. The number of rotatable bonds is 1. The molecule has 72 valence electrons. The van der Waals surface area contributed by atoms with Crippen LogP contribution in [-0.4, -0.2) is 0 Å². The van der Waals surface area contributed by atoms with E-state index in [2.05, 4.69) is 6.07 Å². The second kappa shape index (κ2) is 3.41. The number of fused-ring (bicyclic) bond motifs is 1. The maximum Gasteiger partial charge on any atom is 0.127 e. The third-order valence-electron chi connectivity index (χ3n) is 2.54. The predicted molar refractivity (Wildman–Crippen MR) is 58.0 cm³/mol. The molecule has 0 fully saturated rings. The quantitative estimate of drug-likeness (QED) is 0.637. The summed E-state index contributed by atoms with van der Waals surface area (Å²) < 4.78 is 13.5. The average molecular weight is 188 g/mol. The summed E-state index contributed by atoms with van der Waals surface area (Å²) in [6.07, 6.45) is 0.746. The van der Waals surface area contributed by atoms with Gasteiger partial charge in [-0.1, -0.05) is 30.7 Å². The lowest BCUT2D eigenvalue weighted by atomic mass is 10.0. The summed E-state index contributed by atoms with van der Waals surface area (Å²) in [5.74, 6) is -0.0920. The third-order valence-corrected chi connectivity index (χ3v) is 2.54. The normalized spacial score (nSPS) is 10.8. The second-order valence-corrected chi connectivity index (χ2v) is 3.65. The van der Waals surface area contributed by atoms with Crippen LogP contribution >= 0.6 is 0 Å². The Morgan fingerprint density at radius 1 is 1.07 bits per heavy atom. The van der Waals surface area contributed by atoms with Crippen LogP contribution in [0.1, 0.15) is 18.1 Å². The number of halogens is 1. The highest BCUT2D eigenvalue weighted by Gasteiger charge is 2.02. The van der Waals surface area contributed by atoms with Crippen LogP contribution in [0.5, 0.6) is 0 Å². The molecule has 0 aliphatic rings. The number of aryl methyl sites for hydroxylation is 2. The van der Waals surface area contributed by atoms with Gasteiger partial charge in [0.25, 0.3) is 0 Å². The van der Waals surface area contributed by atoms with Crippen molar-refractivity contribution >= 4 is 10.8 Å². The zero-order valence-corrected chi connectivity index (χ0v) is 8.47. The van der Waals surface area contributed by atoms with Crippen LogP contribution in [0, 0.1) is 12.7 Å². The molecule has 0 aliphatic carbocycles. The SMILES string of the molecule is CCc1cc2ccc(C)cc2cc1F. The van der Waals surface area contributed by atoms with E-state index in [-0.39, 0.29) is 5.82 Å². The maximum absolute atomic E-state index is 13.5. The molecule has 0 saturated carbocycles. The molecule has 0 amide bonds. The van der Waals surface area contributed by atoms with Crippen molar-refractivity contribution in [1.82, 2.24) is 0 Å². The van der Waals surface area contributed by atoms with Crippen molar-refractivity contribution in [2.75, 3.05) is 0 Å². The Morgan fingerprint density at radius 3 is 2.57 bits per heavy atom. The van der Waals surface area contributed by atoms with Crippen molar-refractivity contribution < 1.29 is 4.39 Å². The van der Waals surface area contributed by atoms with Crippen molar-refractivity contribution in [2.24, 2.45) is 0 Å². The van der Waals surface area contributed by atoms with Crippen LogP contribution in [0.4, 0.5) is 4.39 Å². The first-order valence-corrected chi connectivity index (χ1v) is 4.89. The van der Waals surface area contributed by atoms with Gasteiger partial charge in [-0.05, 0) is 41.8 Å². The standard InChI is InChI=1S/C13H13F/c1-3-10-7-11-5-4-9(2)6-12(11)8-13(10)14/h4-8H,3H2,1-2H3. The molecule has 0 aliphatic heterocycles. The molecule has 0 N–H and O–H groups in total. The van der Waals surface area contributed by atoms with Gasteiger partial charge in [0, 0.05) is 0 Å². The van der Waals surface area contributed by atoms with Crippen LogP contribution in [-0.2, 0) is 6.42 Å². The van der Waals surface area contributed by atoms with Gasteiger partial charge < -0.3 is 0 Å². The van der Waals surface area contributed by atoms with Crippen LogP contribution in [0.15, 0.2) is 30.3 Å². The minimum atomic E-state index is -0.0920. The molecular weight excluding hydrogens is 175 g/mol. The number of hydrogen-bond donors (Lipinski definition) is 0. The van der Waals surface area contributed by atoms with Gasteiger partial charge in [0.15, 0.2) is 0 Å². The Labute approximate surface area is 83.4 Å². The Morgan fingerprint density at radius 2 is 1.86 bits per heavy atom. The molecular formula is C13H13F. The number of benzene rings is 2. The predicted octanol–water partition coefficient (Wildman–Crippen LogP) is 3.85. The van der Waals surface area contributed by atoms with Crippen molar-refractivity contribution in [1.29, 1.82) is 0 Å². The average Bonchev–Trinajstić information content (AvgIpc) is 2.16. The molecule has 14 heavy (non-hydrogen) atoms. The van der Waals surface area contributed by atoms with Gasteiger partial charge in [0.1, 0.15) is 5.82 Å². The monoisotopic (exact) mass is 188 g/mol. The Kier molecular flexibility index (Phi) is 2.24. The highest BCUT2D eigenvalue weighted by molar-refractivity contribution is 5.83. The molecule has 1 heteroatoms. The molecule has 2 rings (SSSR count). The molecule has 0 heterocycles. The van der Waals surface area contributed by atoms with Crippen molar-refractivity contribution in [3.05, 3.63) is 47.3 Å². The first-order valence-electron chi connectivity index (χ1n) is 4.89. The molecule has 0 unspecified atom stereocenters. The molecule has 0 saturated heterocycles. The van der Waals surface area contributed by atoms with Gasteiger partial charge in [-0.2, -0.15) is 0 Å². The van der Waals surface area contributed by atoms with E-state index in [4.69, 9.17) is 0 Å². The highest BCUT2D eigenvalue weighted by atomic mass is 19.1. The molecule has 0 spiro atoms. The van der Waals surface area contributed by atoms with E-state index < -0.39 is 0 Å². The Bertz CT molecular complexity index is 472. The molecule has 2 aromatic carbocycles. The minimum absolute atomic E-state index is 0.0920. The molecule has 0 radical (unpaired) electrons. The summed E-state index contributed by atoms with van der Waals surface area (Å²) >= 11 is 0. The van der Waals surface area contributed by atoms with Gasteiger partial charge in [0.05, 0.1) is 0 Å². The van der Waals surface area contributed by atoms with Crippen molar-refractivity contribution in [3.63, 3.8) is 0 Å². The van der Waals surface area contributed by atoms with E-state index in [1.807, 2.05) is 32.0 Å². The fraction of sp³-hybridized carbons (Fsp3) is 0.231. The molecule has 2 aromatic rings. The lowest BCUT2D eigenvalue weighted by Crippen LogP contribution is -1.88. The van der Waals surface area contributed by atoms with Gasteiger partial charge in [-0.3, -0.25) is 0 Å². The topological polar surface area (TPSA) is 0 Å². The maximum atomic E-state index is 13.5. The lowest BCUT2D eigenvalue weighted by Gasteiger charge is -2.04. The van der Waals surface area contributed by atoms with Gasteiger partial charge >= 0.3 is 0 Å². The lowest BCUT2D eigenvalue weighted by molar-refractivity contribution is 0.614. The zero-order valence-electron chi connectivity index (χ0n) is 8.47. The first kappa shape index (κ1) is 9.20. The largest absolute Gasteiger partial charge is 0.207 e.